The van der Waals surface area contributed by atoms with Gasteiger partial charge < -0.3 is 5.32 Å². The molecule has 1 N–H and O–H groups in total. The van der Waals surface area contributed by atoms with Crippen molar-refractivity contribution in [3.63, 3.8) is 0 Å². The first kappa shape index (κ1) is 23.4. The van der Waals surface area contributed by atoms with Crippen molar-refractivity contribution >= 4 is 46.0 Å². The molecule has 7 rings (SSSR count). The van der Waals surface area contributed by atoms with Crippen LogP contribution in [0.2, 0.25) is 0 Å². The Bertz CT molecular complexity index is 1270. The fraction of sp³-hybridized carbons (Fsp3) is 0.300. The molecular weight excluding hydrogens is 563 g/mol. The van der Waals surface area contributed by atoms with Gasteiger partial charge in [0.15, 0.2) is 0 Å². The molecule has 1 aliphatic heterocycles. The maximum Gasteiger partial charge on any atom is 0.247 e. The third-order valence-electron chi connectivity index (χ3n) is 7.90. The monoisotopic (exact) mass is 590 g/mol. The molecule has 36 heavy (non-hydrogen) atoms. The lowest BCUT2D eigenvalue weighted by Crippen LogP contribution is -2.48. The van der Waals surface area contributed by atoms with Crippen LogP contribution in [0.1, 0.15) is 54.4 Å². The van der Waals surface area contributed by atoms with E-state index in [1.54, 1.807) is 0 Å². The first-order valence-electron chi connectivity index (χ1n) is 12.5. The molecule has 182 valence electrons. The molecule has 3 aromatic rings. The Kier molecular flexibility index (Phi) is 5.74. The fourth-order valence-corrected chi connectivity index (χ4v) is 6.90. The molecule has 5 nitrogen and oxygen atoms in total. The third-order valence-corrected chi connectivity index (χ3v) is 8.62. The Morgan fingerprint density at radius 3 is 1.67 bits per heavy atom. The van der Waals surface area contributed by atoms with Crippen molar-refractivity contribution in [1.29, 1.82) is 0 Å². The van der Waals surface area contributed by atoms with Gasteiger partial charge >= 0.3 is 0 Å². The zero-order chi connectivity index (χ0) is 25.1. The number of hydrogen-bond acceptors (Lipinski definition) is 3. The summed E-state index contributed by atoms with van der Waals surface area (Å²) in [6, 6.07) is 23.1. The second kappa shape index (κ2) is 8.83. The van der Waals surface area contributed by atoms with Gasteiger partial charge in [0.1, 0.15) is 6.04 Å². The highest BCUT2D eigenvalue weighted by Crippen LogP contribution is 2.61. The number of benzene rings is 3. The van der Waals surface area contributed by atoms with Crippen molar-refractivity contribution < 1.29 is 14.4 Å². The molecule has 2 bridgehead atoms. The summed E-state index contributed by atoms with van der Waals surface area (Å²) in [4.78, 5) is 43.1. The zero-order valence-electron chi connectivity index (χ0n) is 20.1. The van der Waals surface area contributed by atoms with E-state index in [2.05, 4.69) is 52.2 Å². The molecule has 6 heteroatoms. The number of carbonyl (C=O) groups excluding carboxylic acids is 3. The third kappa shape index (κ3) is 3.52. The van der Waals surface area contributed by atoms with E-state index in [9.17, 15) is 14.4 Å². The van der Waals surface area contributed by atoms with E-state index in [-0.39, 0.29) is 35.5 Å². The van der Waals surface area contributed by atoms with Crippen molar-refractivity contribution in [1.82, 2.24) is 4.90 Å². The number of likely N-dealkylation sites (tertiary alicyclic amines) is 1. The van der Waals surface area contributed by atoms with Crippen molar-refractivity contribution in [2.45, 2.75) is 38.1 Å². The van der Waals surface area contributed by atoms with Crippen molar-refractivity contribution in [3.05, 3.63) is 98.6 Å². The molecule has 3 aliphatic carbocycles. The number of amides is 3. The SMILES string of the molecule is CC(C)C[C@@H](C(=O)Nc1ccc(I)cc1)N1C(=O)[C@H]2C3c4ccccc4C(c4ccccc43)[C@@H]2C1=O. The molecule has 1 heterocycles. The van der Waals surface area contributed by atoms with E-state index in [1.165, 1.54) is 4.90 Å². The minimum Gasteiger partial charge on any atom is -0.324 e. The number of hydrogen-bond donors (Lipinski definition) is 1. The van der Waals surface area contributed by atoms with Crippen LogP contribution in [0, 0.1) is 21.3 Å². The molecule has 3 atom stereocenters. The molecule has 0 saturated carbocycles. The van der Waals surface area contributed by atoms with Gasteiger partial charge in [0.05, 0.1) is 11.8 Å². The Hall–Kier alpha value is -3.00. The molecule has 0 spiro atoms. The molecular formula is C30H27IN2O3. The lowest BCUT2D eigenvalue weighted by Gasteiger charge is -2.45. The van der Waals surface area contributed by atoms with Crippen molar-refractivity contribution in [2.75, 3.05) is 5.32 Å². The average molecular weight is 590 g/mol. The summed E-state index contributed by atoms with van der Waals surface area (Å²) in [5.41, 5.74) is 5.19. The van der Waals surface area contributed by atoms with Gasteiger partial charge in [-0.1, -0.05) is 62.4 Å². The number of imide groups is 1. The van der Waals surface area contributed by atoms with Gasteiger partial charge in [-0.05, 0) is 81.4 Å². The van der Waals surface area contributed by atoms with Crippen LogP contribution in [0.3, 0.4) is 0 Å². The van der Waals surface area contributed by atoms with E-state index in [0.29, 0.717) is 12.1 Å². The van der Waals surface area contributed by atoms with Gasteiger partial charge in [0.2, 0.25) is 17.7 Å². The minimum absolute atomic E-state index is 0.131. The predicted octanol–water partition coefficient (Wildman–Crippen LogP) is 5.54. The smallest absolute Gasteiger partial charge is 0.247 e. The Morgan fingerprint density at radius 2 is 1.25 bits per heavy atom. The molecule has 0 aromatic heterocycles. The van der Waals surface area contributed by atoms with Gasteiger partial charge in [-0.3, -0.25) is 19.3 Å². The van der Waals surface area contributed by atoms with Crippen molar-refractivity contribution in [2.24, 2.45) is 17.8 Å². The van der Waals surface area contributed by atoms with E-state index in [0.717, 1.165) is 25.8 Å². The summed E-state index contributed by atoms with van der Waals surface area (Å²) in [6.45, 7) is 4.03. The lowest BCUT2D eigenvalue weighted by atomic mass is 9.55. The van der Waals surface area contributed by atoms with Crippen molar-refractivity contribution in [3.8, 4) is 0 Å². The summed E-state index contributed by atoms with van der Waals surface area (Å²) < 4.78 is 1.06. The van der Waals surface area contributed by atoms with E-state index < -0.39 is 17.9 Å². The Balaban J connectivity index is 1.41. The first-order valence-corrected chi connectivity index (χ1v) is 13.6. The fourth-order valence-electron chi connectivity index (χ4n) is 6.54. The first-order chi connectivity index (χ1) is 17.4. The summed E-state index contributed by atoms with van der Waals surface area (Å²) >= 11 is 2.21. The van der Waals surface area contributed by atoms with Gasteiger partial charge in [-0.25, -0.2) is 0 Å². The molecule has 0 radical (unpaired) electrons. The second-order valence-corrected chi connectivity index (χ2v) is 11.7. The van der Waals surface area contributed by atoms with Gasteiger partial charge in [0, 0.05) is 21.1 Å². The van der Waals surface area contributed by atoms with Crippen LogP contribution in [-0.2, 0) is 14.4 Å². The second-order valence-electron chi connectivity index (χ2n) is 10.5. The summed E-state index contributed by atoms with van der Waals surface area (Å²) in [6.07, 6.45) is 0.419. The van der Waals surface area contributed by atoms with E-state index in [4.69, 9.17) is 0 Å². The largest absolute Gasteiger partial charge is 0.324 e. The molecule has 1 saturated heterocycles. The van der Waals surface area contributed by atoms with E-state index >= 15 is 0 Å². The average Bonchev–Trinajstić information content (AvgIpc) is 3.14. The highest BCUT2D eigenvalue weighted by atomic mass is 127. The van der Waals surface area contributed by atoms with Gasteiger partial charge in [-0.15, -0.1) is 0 Å². The zero-order valence-corrected chi connectivity index (χ0v) is 22.3. The van der Waals surface area contributed by atoms with Crippen LogP contribution >= 0.6 is 22.6 Å². The number of rotatable bonds is 5. The van der Waals surface area contributed by atoms with Crippen LogP contribution < -0.4 is 5.32 Å². The Morgan fingerprint density at radius 1 is 0.806 bits per heavy atom. The maximum absolute atomic E-state index is 14.1. The Labute approximate surface area is 224 Å². The van der Waals surface area contributed by atoms with Crippen LogP contribution in [-0.4, -0.2) is 28.7 Å². The highest BCUT2D eigenvalue weighted by molar-refractivity contribution is 14.1. The predicted molar refractivity (Wildman–Crippen MR) is 146 cm³/mol. The topological polar surface area (TPSA) is 66.5 Å². The summed E-state index contributed by atoms with van der Waals surface area (Å²) in [7, 11) is 0. The number of anilines is 1. The molecule has 3 aromatic carbocycles. The summed E-state index contributed by atoms with van der Waals surface area (Å²) in [5, 5.41) is 2.96. The molecule has 4 aliphatic rings. The van der Waals surface area contributed by atoms with Crippen LogP contribution in [0.25, 0.3) is 0 Å². The standard InChI is InChI=1S/C30H27IN2O3/c1-16(2)15-23(28(34)32-18-13-11-17(31)12-14-18)33-29(35)26-24-19-7-3-4-8-20(19)25(27(26)30(33)36)22-10-6-5-9-21(22)24/h3-14,16,23-27H,15H2,1-2H3,(H,32,34)/t23-,24?,25?,26-,27-/m0/s1. The number of nitrogens with one attached hydrogen (secondary N) is 1. The molecule has 0 unspecified atom stereocenters. The quantitative estimate of drug-likeness (QED) is 0.314. The van der Waals surface area contributed by atoms with E-state index in [1.807, 2.05) is 62.4 Å². The minimum atomic E-state index is -0.847. The lowest BCUT2D eigenvalue weighted by molar-refractivity contribution is -0.147. The summed E-state index contributed by atoms with van der Waals surface area (Å²) in [5.74, 6) is -1.92. The molecule has 1 fully saturated rings. The van der Waals surface area contributed by atoms with Crippen LogP contribution in [0.15, 0.2) is 72.8 Å². The highest BCUT2D eigenvalue weighted by Gasteiger charge is 2.63. The number of halogens is 1. The van der Waals surface area contributed by atoms with Crippen LogP contribution in [0.5, 0.6) is 0 Å². The van der Waals surface area contributed by atoms with Crippen LogP contribution in [0.4, 0.5) is 5.69 Å². The van der Waals surface area contributed by atoms with Gasteiger partial charge in [-0.2, -0.15) is 0 Å². The van der Waals surface area contributed by atoms with Gasteiger partial charge in [0.25, 0.3) is 0 Å². The maximum atomic E-state index is 14.1. The number of carbonyl (C=O) groups is 3. The number of nitrogens with zero attached hydrogens (tertiary/aromatic N) is 1. The normalized spacial score (nSPS) is 24.4. The molecule has 3 amide bonds.